The highest BCUT2D eigenvalue weighted by Crippen LogP contribution is 2.30. The molecule has 1 aliphatic heterocycles. The Balaban J connectivity index is 2.22. The number of halogens is 1. The third-order valence-electron chi connectivity index (χ3n) is 3.95. The highest BCUT2D eigenvalue weighted by molar-refractivity contribution is 6.34. The number of aromatic nitrogens is 1. The van der Waals surface area contributed by atoms with Crippen molar-refractivity contribution in [2.45, 2.75) is 0 Å². The normalized spacial score (nSPS) is 15.3. The standard InChI is InChI=1S/C15H16ClN3O3/c1-18-8-10(15(21)22)14(20)9-6-11(16)13(7-12(9)18)19-4-2-17-3-5-19/h6-8,17H,2-5H2,1H3,(H,21,22). The van der Waals surface area contributed by atoms with Gasteiger partial charge in [-0.05, 0) is 12.1 Å². The summed E-state index contributed by atoms with van der Waals surface area (Å²) in [5, 5.41) is 13.2. The minimum Gasteiger partial charge on any atom is -0.477 e. The molecule has 1 aromatic heterocycles. The molecule has 1 saturated heterocycles. The molecule has 0 atom stereocenters. The quantitative estimate of drug-likeness (QED) is 0.872. The lowest BCUT2D eigenvalue weighted by Gasteiger charge is -2.30. The van der Waals surface area contributed by atoms with Crippen LogP contribution in [0.25, 0.3) is 10.9 Å². The Labute approximate surface area is 131 Å². The summed E-state index contributed by atoms with van der Waals surface area (Å²) in [5.41, 5.74) is 0.789. The number of pyridine rings is 1. The highest BCUT2D eigenvalue weighted by atomic mass is 35.5. The van der Waals surface area contributed by atoms with Crippen LogP contribution in [0, 0.1) is 0 Å². The molecule has 0 aliphatic carbocycles. The predicted molar refractivity (Wildman–Crippen MR) is 86.2 cm³/mol. The zero-order valence-corrected chi connectivity index (χ0v) is 12.9. The van der Waals surface area contributed by atoms with Gasteiger partial charge in [-0.25, -0.2) is 4.79 Å². The molecule has 0 radical (unpaired) electrons. The molecular weight excluding hydrogens is 306 g/mol. The van der Waals surface area contributed by atoms with Crippen molar-refractivity contribution >= 4 is 34.2 Å². The van der Waals surface area contributed by atoms with Crippen LogP contribution in [0.1, 0.15) is 10.4 Å². The van der Waals surface area contributed by atoms with Gasteiger partial charge >= 0.3 is 5.97 Å². The third kappa shape index (κ3) is 2.44. The molecular formula is C15H16ClN3O3. The zero-order valence-electron chi connectivity index (χ0n) is 12.1. The Kier molecular flexibility index (Phi) is 3.80. The summed E-state index contributed by atoms with van der Waals surface area (Å²) in [6.07, 6.45) is 1.35. The van der Waals surface area contributed by atoms with Crippen molar-refractivity contribution in [3.63, 3.8) is 0 Å². The summed E-state index contributed by atoms with van der Waals surface area (Å²) in [7, 11) is 1.73. The lowest BCUT2D eigenvalue weighted by Crippen LogP contribution is -2.43. The number of fused-ring (bicyclic) bond motifs is 1. The van der Waals surface area contributed by atoms with E-state index in [-0.39, 0.29) is 5.56 Å². The summed E-state index contributed by atoms with van der Waals surface area (Å²) in [5.74, 6) is -1.23. The maximum atomic E-state index is 12.3. The van der Waals surface area contributed by atoms with Crippen molar-refractivity contribution in [1.82, 2.24) is 9.88 Å². The SMILES string of the molecule is Cn1cc(C(=O)O)c(=O)c2cc(Cl)c(N3CCNCC3)cc21. The number of carbonyl (C=O) groups is 1. The van der Waals surface area contributed by atoms with Gasteiger partial charge in [0.05, 0.1) is 16.2 Å². The molecule has 1 aliphatic rings. The van der Waals surface area contributed by atoms with Crippen LogP contribution in [0.3, 0.4) is 0 Å². The van der Waals surface area contributed by atoms with E-state index in [1.165, 1.54) is 6.20 Å². The summed E-state index contributed by atoms with van der Waals surface area (Å²) >= 11 is 6.34. The molecule has 6 nitrogen and oxygen atoms in total. The second-order valence-corrected chi connectivity index (χ2v) is 5.75. The van der Waals surface area contributed by atoms with E-state index in [4.69, 9.17) is 16.7 Å². The first-order valence-corrected chi connectivity index (χ1v) is 7.38. The Morgan fingerprint density at radius 2 is 2.00 bits per heavy atom. The number of aryl methyl sites for hydroxylation is 1. The van der Waals surface area contributed by atoms with Crippen LogP contribution in [0.4, 0.5) is 5.69 Å². The number of aromatic carboxylic acids is 1. The van der Waals surface area contributed by atoms with Crippen LogP contribution in [-0.2, 0) is 7.05 Å². The number of benzene rings is 1. The number of piperazine rings is 1. The van der Waals surface area contributed by atoms with E-state index in [2.05, 4.69) is 10.2 Å². The number of anilines is 1. The molecule has 2 N–H and O–H groups in total. The van der Waals surface area contributed by atoms with E-state index in [0.717, 1.165) is 31.9 Å². The summed E-state index contributed by atoms with van der Waals surface area (Å²) in [6.45, 7) is 3.44. The van der Waals surface area contributed by atoms with Gasteiger partial charge in [0.15, 0.2) is 0 Å². The number of hydrogen-bond acceptors (Lipinski definition) is 4. The average Bonchev–Trinajstić information content (AvgIpc) is 2.51. The Hall–Kier alpha value is -2.05. The molecule has 22 heavy (non-hydrogen) atoms. The van der Waals surface area contributed by atoms with Crippen molar-refractivity contribution in [3.05, 3.63) is 39.1 Å². The smallest absolute Gasteiger partial charge is 0.341 e. The summed E-state index contributed by atoms with van der Waals surface area (Å²) in [4.78, 5) is 25.6. The molecule has 0 amide bonds. The molecule has 0 bridgehead atoms. The first-order valence-electron chi connectivity index (χ1n) is 7.01. The van der Waals surface area contributed by atoms with Gasteiger partial charge in [-0.2, -0.15) is 0 Å². The van der Waals surface area contributed by atoms with Crippen molar-refractivity contribution in [2.75, 3.05) is 31.1 Å². The Bertz CT molecular complexity index is 810. The monoisotopic (exact) mass is 321 g/mol. The lowest BCUT2D eigenvalue weighted by atomic mass is 10.1. The van der Waals surface area contributed by atoms with Crippen molar-refractivity contribution < 1.29 is 9.90 Å². The predicted octanol–water partition coefficient (Wildman–Crippen LogP) is 1.30. The topological polar surface area (TPSA) is 74.6 Å². The fraction of sp³-hybridized carbons (Fsp3) is 0.333. The number of nitrogens with zero attached hydrogens (tertiary/aromatic N) is 2. The van der Waals surface area contributed by atoms with Gasteiger partial charge in [0.2, 0.25) is 5.43 Å². The largest absolute Gasteiger partial charge is 0.477 e. The lowest BCUT2D eigenvalue weighted by molar-refractivity contribution is 0.0695. The fourth-order valence-corrected chi connectivity index (χ4v) is 3.07. The number of rotatable bonds is 2. The van der Waals surface area contributed by atoms with E-state index < -0.39 is 11.4 Å². The van der Waals surface area contributed by atoms with Crippen LogP contribution in [0.2, 0.25) is 5.02 Å². The third-order valence-corrected chi connectivity index (χ3v) is 4.25. The molecule has 1 aromatic carbocycles. The minimum absolute atomic E-state index is 0.249. The zero-order chi connectivity index (χ0) is 15.9. The first kappa shape index (κ1) is 14.9. The maximum Gasteiger partial charge on any atom is 0.341 e. The number of carboxylic acid groups (broad SMARTS) is 1. The molecule has 2 heterocycles. The summed E-state index contributed by atoms with van der Waals surface area (Å²) < 4.78 is 1.65. The molecule has 2 aromatic rings. The van der Waals surface area contributed by atoms with Gasteiger partial charge in [-0.15, -0.1) is 0 Å². The van der Waals surface area contributed by atoms with E-state index in [9.17, 15) is 9.59 Å². The minimum atomic E-state index is -1.23. The fourth-order valence-electron chi connectivity index (χ4n) is 2.79. The van der Waals surface area contributed by atoms with Gasteiger partial charge in [0.25, 0.3) is 0 Å². The Morgan fingerprint density at radius 1 is 1.32 bits per heavy atom. The molecule has 7 heteroatoms. The number of carboxylic acids is 1. The second kappa shape index (κ2) is 5.62. The average molecular weight is 322 g/mol. The molecule has 0 saturated carbocycles. The van der Waals surface area contributed by atoms with E-state index in [0.29, 0.717) is 15.9 Å². The van der Waals surface area contributed by atoms with Crippen LogP contribution in [-0.4, -0.2) is 41.8 Å². The van der Waals surface area contributed by atoms with Gasteiger partial charge in [-0.1, -0.05) is 11.6 Å². The Morgan fingerprint density at radius 3 is 2.64 bits per heavy atom. The van der Waals surface area contributed by atoms with Crippen LogP contribution in [0.15, 0.2) is 23.1 Å². The van der Waals surface area contributed by atoms with E-state index in [1.807, 2.05) is 6.07 Å². The van der Waals surface area contributed by atoms with Crippen LogP contribution >= 0.6 is 11.6 Å². The molecule has 116 valence electrons. The van der Waals surface area contributed by atoms with Gasteiger partial charge < -0.3 is 19.9 Å². The highest BCUT2D eigenvalue weighted by Gasteiger charge is 2.18. The van der Waals surface area contributed by atoms with Crippen molar-refractivity contribution in [3.8, 4) is 0 Å². The van der Waals surface area contributed by atoms with Gasteiger partial charge in [0.1, 0.15) is 5.56 Å². The number of hydrogen-bond donors (Lipinski definition) is 2. The summed E-state index contributed by atoms with van der Waals surface area (Å²) in [6, 6.07) is 3.43. The second-order valence-electron chi connectivity index (χ2n) is 5.35. The number of nitrogens with one attached hydrogen (secondary N) is 1. The molecule has 3 rings (SSSR count). The molecule has 0 spiro atoms. The molecule has 1 fully saturated rings. The van der Waals surface area contributed by atoms with E-state index >= 15 is 0 Å². The molecule has 0 unspecified atom stereocenters. The van der Waals surface area contributed by atoms with Crippen molar-refractivity contribution in [2.24, 2.45) is 7.05 Å². The van der Waals surface area contributed by atoms with Crippen LogP contribution < -0.4 is 15.6 Å². The first-order chi connectivity index (χ1) is 10.5. The van der Waals surface area contributed by atoms with Crippen molar-refractivity contribution in [1.29, 1.82) is 0 Å². The van der Waals surface area contributed by atoms with Crippen LogP contribution in [0.5, 0.6) is 0 Å². The van der Waals surface area contributed by atoms with Gasteiger partial charge in [0, 0.05) is 44.8 Å². The van der Waals surface area contributed by atoms with E-state index in [1.54, 1.807) is 17.7 Å². The van der Waals surface area contributed by atoms with Gasteiger partial charge in [-0.3, -0.25) is 4.79 Å². The maximum absolute atomic E-state index is 12.3.